The van der Waals surface area contributed by atoms with E-state index in [2.05, 4.69) is 19.7 Å². The summed E-state index contributed by atoms with van der Waals surface area (Å²) in [5, 5.41) is 7.48. The number of sulfonamides is 1. The van der Waals surface area contributed by atoms with Gasteiger partial charge in [-0.15, -0.1) is 10.2 Å². The summed E-state index contributed by atoms with van der Waals surface area (Å²) in [6.07, 6.45) is 4.98. The molecule has 0 unspecified atom stereocenters. The largest absolute Gasteiger partial charge is 0.371 e. The van der Waals surface area contributed by atoms with Gasteiger partial charge in [0.15, 0.2) is 0 Å². The van der Waals surface area contributed by atoms with Crippen molar-refractivity contribution in [3.05, 3.63) is 77.6 Å². The minimum atomic E-state index is -3.60. The van der Waals surface area contributed by atoms with E-state index in [-0.39, 0.29) is 18.4 Å². The highest BCUT2D eigenvalue weighted by molar-refractivity contribution is 7.89. The van der Waals surface area contributed by atoms with Crippen LogP contribution in [0.25, 0.3) is 0 Å². The van der Waals surface area contributed by atoms with Crippen LogP contribution >= 0.6 is 0 Å². The lowest BCUT2D eigenvalue weighted by molar-refractivity contribution is 0.279. The molecule has 9 heteroatoms. The fourth-order valence-electron chi connectivity index (χ4n) is 5.44. The van der Waals surface area contributed by atoms with E-state index in [1.165, 1.54) is 4.31 Å². The van der Waals surface area contributed by atoms with Crippen LogP contribution < -0.4 is 4.90 Å². The molecular formula is C26H32FN5O2S. The highest BCUT2D eigenvalue weighted by Gasteiger charge is 2.40. The quantitative estimate of drug-likeness (QED) is 0.514. The van der Waals surface area contributed by atoms with Crippen LogP contribution in [0.5, 0.6) is 0 Å². The molecule has 0 saturated carbocycles. The molecule has 2 aliphatic heterocycles. The lowest BCUT2D eigenvalue weighted by atomic mass is 10.0. The number of benzene rings is 2. The van der Waals surface area contributed by atoms with Crippen LogP contribution in [0, 0.1) is 12.7 Å². The van der Waals surface area contributed by atoms with Gasteiger partial charge in [0.25, 0.3) is 0 Å². The van der Waals surface area contributed by atoms with Crippen LogP contribution in [0.3, 0.4) is 0 Å². The minimum absolute atomic E-state index is 0.0495. The van der Waals surface area contributed by atoms with E-state index in [0.717, 1.165) is 49.4 Å². The molecule has 2 aromatic carbocycles. The molecule has 0 radical (unpaired) electrons. The molecule has 3 heterocycles. The second-order valence-electron chi connectivity index (χ2n) is 9.70. The Hall–Kier alpha value is -2.78. The predicted octanol–water partition coefficient (Wildman–Crippen LogP) is 4.62. The first-order valence-electron chi connectivity index (χ1n) is 12.3. The molecule has 1 aromatic heterocycles. The number of hydrogen-bond acceptors (Lipinski definition) is 5. The Morgan fingerprint density at radius 3 is 2.43 bits per heavy atom. The maximum atomic E-state index is 15.2. The molecule has 2 aliphatic rings. The van der Waals surface area contributed by atoms with Gasteiger partial charge in [-0.2, -0.15) is 4.31 Å². The molecule has 0 spiro atoms. The summed E-state index contributed by atoms with van der Waals surface area (Å²) in [5.74, 6) is 0.554. The van der Waals surface area contributed by atoms with Crippen molar-refractivity contribution >= 4 is 15.7 Å². The number of rotatable bonds is 5. The van der Waals surface area contributed by atoms with Crippen molar-refractivity contribution in [2.24, 2.45) is 0 Å². The van der Waals surface area contributed by atoms with Gasteiger partial charge in [0, 0.05) is 43.0 Å². The molecule has 0 N–H and O–H groups in total. The van der Waals surface area contributed by atoms with Crippen LogP contribution in [0.2, 0.25) is 0 Å². The Bertz CT molecular complexity index is 1270. The summed E-state index contributed by atoms with van der Waals surface area (Å²) in [7, 11) is -3.60. The third-order valence-electron chi connectivity index (χ3n) is 7.53. The summed E-state index contributed by atoms with van der Waals surface area (Å²) in [4.78, 5) is 2.19. The summed E-state index contributed by atoms with van der Waals surface area (Å²) >= 11 is 0. The van der Waals surface area contributed by atoms with Crippen molar-refractivity contribution in [2.45, 2.75) is 63.4 Å². The number of hydrogen-bond donors (Lipinski definition) is 0. The first kappa shape index (κ1) is 23.9. The van der Waals surface area contributed by atoms with E-state index in [9.17, 15) is 8.42 Å². The van der Waals surface area contributed by atoms with Gasteiger partial charge >= 0.3 is 0 Å². The highest BCUT2D eigenvalue weighted by Crippen LogP contribution is 2.38. The molecule has 186 valence electrons. The van der Waals surface area contributed by atoms with Crippen molar-refractivity contribution in [2.75, 3.05) is 18.0 Å². The van der Waals surface area contributed by atoms with E-state index in [4.69, 9.17) is 0 Å². The van der Waals surface area contributed by atoms with Gasteiger partial charge < -0.3 is 9.47 Å². The lowest BCUT2D eigenvalue weighted by Gasteiger charge is -2.37. The Morgan fingerprint density at radius 2 is 1.77 bits per heavy atom. The average molecular weight is 498 g/mol. The topological polar surface area (TPSA) is 71.3 Å². The smallest absolute Gasteiger partial charge is 0.221 e. The molecule has 35 heavy (non-hydrogen) atoms. The number of halogens is 1. The maximum absolute atomic E-state index is 15.2. The normalized spacial score (nSPS) is 23.5. The average Bonchev–Trinajstić information content (AvgIpc) is 3.29. The zero-order valence-corrected chi connectivity index (χ0v) is 21.0. The van der Waals surface area contributed by atoms with Crippen molar-refractivity contribution < 1.29 is 12.8 Å². The number of nitrogens with zero attached hydrogens (tertiary/aromatic N) is 5. The molecular weight excluding hydrogens is 465 g/mol. The van der Waals surface area contributed by atoms with Crippen LogP contribution in [0.1, 0.15) is 60.9 Å². The Labute approximate surface area is 206 Å². The van der Waals surface area contributed by atoms with Crippen LogP contribution in [-0.2, 0) is 16.6 Å². The number of piperidine rings is 1. The minimum Gasteiger partial charge on any atom is -0.371 e. The molecule has 2 fully saturated rings. The Morgan fingerprint density at radius 1 is 1.03 bits per heavy atom. The van der Waals surface area contributed by atoms with E-state index in [1.54, 1.807) is 18.5 Å². The van der Waals surface area contributed by atoms with Crippen LogP contribution in [0.15, 0.2) is 54.9 Å². The zero-order valence-electron chi connectivity index (χ0n) is 20.2. The van der Waals surface area contributed by atoms with Crippen molar-refractivity contribution in [1.29, 1.82) is 0 Å². The fraction of sp³-hybridized carbons (Fsp3) is 0.462. The molecule has 0 bridgehead atoms. The highest BCUT2D eigenvalue weighted by atomic mass is 32.2. The van der Waals surface area contributed by atoms with E-state index in [1.807, 2.05) is 50.2 Å². The summed E-state index contributed by atoms with van der Waals surface area (Å²) in [5.41, 5.74) is 2.04. The Kier molecular flexibility index (Phi) is 6.63. The number of anilines is 1. The monoisotopic (exact) mass is 497 g/mol. The van der Waals surface area contributed by atoms with Gasteiger partial charge in [-0.1, -0.05) is 36.4 Å². The van der Waals surface area contributed by atoms with E-state index >= 15 is 4.39 Å². The van der Waals surface area contributed by atoms with E-state index in [0.29, 0.717) is 18.0 Å². The second-order valence-corrected chi connectivity index (χ2v) is 11.8. The third kappa shape index (κ3) is 4.71. The zero-order chi connectivity index (χ0) is 24.6. The Balaban J connectivity index is 1.29. The second kappa shape index (κ2) is 9.70. The summed E-state index contributed by atoms with van der Waals surface area (Å²) in [6, 6.07) is 14.7. The van der Waals surface area contributed by atoms with Gasteiger partial charge in [-0.25, -0.2) is 12.8 Å². The maximum Gasteiger partial charge on any atom is 0.221 e. The number of aryl methyl sites for hydroxylation is 1. The SMILES string of the molecule is Cc1nncn1C1CCN(c2ccc(CN3[C@@H](C)CC[C@@H](c4ccccc4)S3(=O)=O)c(F)c2)CC1. The standard InChI is InChI=1S/C26H32FN5O2S/c1-19-8-11-26(21-6-4-3-5-7-21)35(33,34)32(19)17-22-9-10-24(16-25(22)27)30-14-12-23(13-15-30)31-18-28-29-20(31)2/h3-7,9-10,16,18-19,23,26H,8,11-15,17H2,1-2H3/t19-,26-/m0/s1. The molecule has 2 saturated heterocycles. The van der Waals surface area contributed by atoms with Crippen molar-refractivity contribution in [3.8, 4) is 0 Å². The summed E-state index contributed by atoms with van der Waals surface area (Å²) < 4.78 is 45.8. The van der Waals surface area contributed by atoms with Gasteiger partial charge in [-0.3, -0.25) is 0 Å². The molecule has 5 rings (SSSR count). The van der Waals surface area contributed by atoms with E-state index < -0.39 is 15.3 Å². The molecule has 2 atom stereocenters. The van der Waals surface area contributed by atoms with Crippen molar-refractivity contribution in [1.82, 2.24) is 19.1 Å². The van der Waals surface area contributed by atoms with Crippen LogP contribution in [-0.4, -0.2) is 46.6 Å². The molecule has 0 amide bonds. The van der Waals surface area contributed by atoms with Crippen LogP contribution in [0.4, 0.5) is 10.1 Å². The fourth-order valence-corrected chi connectivity index (χ4v) is 7.63. The third-order valence-corrected chi connectivity index (χ3v) is 9.90. The molecule has 7 nitrogen and oxygen atoms in total. The number of aromatic nitrogens is 3. The van der Waals surface area contributed by atoms with Gasteiger partial charge in [-0.05, 0) is 57.2 Å². The lowest BCUT2D eigenvalue weighted by Crippen LogP contribution is -2.44. The van der Waals surface area contributed by atoms with Gasteiger partial charge in [0.1, 0.15) is 23.2 Å². The first-order valence-corrected chi connectivity index (χ1v) is 13.8. The van der Waals surface area contributed by atoms with Gasteiger partial charge in [0.05, 0.1) is 0 Å². The molecule has 0 aliphatic carbocycles. The predicted molar refractivity (Wildman–Crippen MR) is 134 cm³/mol. The first-order chi connectivity index (χ1) is 16.8. The van der Waals surface area contributed by atoms with Gasteiger partial charge in [0.2, 0.25) is 10.0 Å². The summed E-state index contributed by atoms with van der Waals surface area (Å²) in [6.45, 7) is 5.55. The molecule has 3 aromatic rings. The van der Waals surface area contributed by atoms with Crippen molar-refractivity contribution in [3.63, 3.8) is 0 Å².